The first-order chi connectivity index (χ1) is 9.69. The van der Waals surface area contributed by atoms with Gasteiger partial charge in [-0.25, -0.2) is 9.18 Å². The third-order valence-corrected chi connectivity index (χ3v) is 2.59. The zero-order valence-electron chi connectivity index (χ0n) is 11.0. The summed E-state index contributed by atoms with van der Waals surface area (Å²) in [7, 11) is 0. The Morgan fingerprint density at radius 3 is 2.00 bits per heavy atom. The summed E-state index contributed by atoms with van der Waals surface area (Å²) in [6.07, 6.45) is 0. The summed E-state index contributed by atoms with van der Waals surface area (Å²) in [5.41, 5.74) is 2.02. The summed E-state index contributed by atoms with van der Waals surface area (Å²) < 4.78 is 17.6. The Labute approximate surface area is 117 Å². The largest absolute Gasteiger partial charge is 0.462 e. The van der Waals surface area contributed by atoms with Gasteiger partial charge in [0.05, 0.1) is 12.2 Å². The SMILES string of the molecule is CCOC(=O)c1ccc(C#Cc2ccc(F)cc2)cc1. The Hall–Kier alpha value is -2.60. The predicted molar refractivity (Wildman–Crippen MR) is 74.8 cm³/mol. The lowest BCUT2D eigenvalue weighted by atomic mass is 10.1. The van der Waals surface area contributed by atoms with Gasteiger partial charge >= 0.3 is 5.97 Å². The van der Waals surface area contributed by atoms with Crippen LogP contribution in [0.25, 0.3) is 0 Å². The van der Waals surface area contributed by atoms with Crippen molar-refractivity contribution in [2.24, 2.45) is 0 Å². The van der Waals surface area contributed by atoms with E-state index in [0.29, 0.717) is 12.2 Å². The maximum absolute atomic E-state index is 12.7. The van der Waals surface area contributed by atoms with Crippen molar-refractivity contribution < 1.29 is 13.9 Å². The number of hydrogen-bond acceptors (Lipinski definition) is 2. The van der Waals surface area contributed by atoms with E-state index in [4.69, 9.17) is 4.74 Å². The van der Waals surface area contributed by atoms with Gasteiger partial charge in [-0.2, -0.15) is 0 Å². The van der Waals surface area contributed by atoms with Crippen molar-refractivity contribution >= 4 is 5.97 Å². The molecule has 0 aliphatic heterocycles. The molecule has 100 valence electrons. The van der Waals surface area contributed by atoms with Crippen molar-refractivity contribution in [3.05, 3.63) is 71.0 Å². The second kappa shape index (κ2) is 6.53. The highest BCUT2D eigenvalue weighted by Gasteiger charge is 2.04. The monoisotopic (exact) mass is 268 g/mol. The van der Waals surface area contributed by atoms with E-state index < -0.39 is 0 Å². The van der Waals surface area contributed by atoms with Crippen molar-refractivity contribution in [3.63, 3.8) is 0 Å². The molecule has 0 saturated heterocycles. The molecular weight excluding hydrogens is 255 g/mol. The fraction of sp³-hybridized carbons (Fsp3) is 0.118. The third kappa shape index (κ3) is 3.69. The average Bonchev–Trinajstić information content (AvgIpc) is 2.47. The lowest BCUT2D eigenvalue weighted by Gasteiger charge is -2.00. The normalized spacial score (nSPS) is 9.50. The second-order valence-corrected chi connectivity index (χ2v) is 4.05. The van der Waals surface area contributed by atoms with Crippen LogP contribution in [0.4, 0.5) is 4.39 Å². The molecular formula is C17H13FO2. The van der Waals surface area contributed by atoms with Crippen LogP contribution in [0, 0.1) is 17.7 Å². The van der Waals surface area contributed by atoms with E-state index in [-0.39, 0.29) is 11.8 Å². The molecule has 0 heterocycles. The van der Waals surface area contributed by atoms with E-state index in [0.717, 1.165) is 11.1 Å². The molecule has 0 unspecified atom stereocenters. The summed E-state index contributed by atoms with van der Waals surface area (Å²) in [6.45, 7) is 2.12. The van der Waals surface area contributed by atoms with Gasteiger partial charge in [0.1, 0.15) is 5.82 Å². The van der Waals surface area contributed by atoms with E-state index in [1.54, 1.807) is 43.3 Å². The van der Waals surface area contributed by atoms with Crippen LogP contribution in [0.15, 0.2) is 48.5 Å². The van der Waals surface area contributed by atoms with Crippen molar-refractivity contribution in [2.45, 2.75) is 6.92 Å². The molecule has 0 atom stereocenters. The first-order valence-electron chi connectivity index (χ1n) is 6.24. The van der Waals surface area contributed by atoms with Crippen LogP contribution < -0.4 is 0 Å². The number of ether oxygens (including phenoxy) is 1. The molecule has 0 fully saturated rings. The van der Waals surface area contributed by atoms with Gasteiger partial charge in [0.2, 0.25) is 0 Å². The maximum atomic E-state index is 12.7. The Bertz CT molecular complexity index is 646. The van der Waals surface area contributed by atoms with E-state index in [9.17, 15) is 9.18 Å². The van der Waals surface area contributed by atoms with Gasteiger partial charge in [0.15, 0.2) is 0 Å². The Morgan fingerprint density at radius 2 is 1.50 bits per heavy atom. The summed E-state index contributed by atoms with van der Waals surface area (Å²) >= 11 is 0. The number of benzene rings is 2. The van der Waals surface area contributed by atoms with Gasteiger partial charge in [-0.3, -0.25) is 0 Å². The zero-order chi connectivity index (χ0) is 14.4. The first kappa shape index (κ1) is 13.8. The molecule has 2 rings (SSSR count). The molecule has 0 radical (unpaired) electrons. The number of carbonyl (C=O) groups is 1. The van der Waals surface area contributed by atoms with Crippen molar-refractivity contribution in [2.75, 3.05) is 6.61 Å². The van der Waals surface area contributed by atoms with Gasteiger partial charge in [-0.15, -0.1) is 0 Å². The molecule has 0 aliphatic carbocycles. The number of halogens is 1. The fourth-order valence-electron chi connectivity index (χ4n) is 1.58. The van der Waals surface area contributed by atoms with Gasteiger partial charge in [-0.1, -0.05) is 11.8 Å². The molecule has 0 bridgehead atoms. The van der Waals surface area contributed by atoms with Crippen LogP contribution in [-0.4, -0.2) is 12.6 Å². The van der Waals surface area contributed by atoms with Gasteiger partial charge < -0.3 is 4.74 Å². The van der Waals surface area contributed by atoms with E-state index in [1.807, 2.05) is 0 Å². The summed E-state index contributed by atoms with van der Waals surface area (Å²) in [4.78, 5) is 11.5. The number of carbonyl (C=O) groups excluding carboxylic acids is 1. The molecule has 0 aliphatic rings. The number of hydrogen-bond donors (Lipinski definition) is 0. The minimum Gasteiger partial charge on any atom is -0.462 e. The van der Waals surface area contributed by atoms with Crippen LogP contribution in [0.5, 0.6) is 0 Å². The number of rotatable bonds is 2. The van der Waals surface area contributed by atoms with Gasteiger partial charge in [0, 0.05) is 11.1 Å². The van der Waals surface area contributed by atoms with Crippen molar-refractivity contribution in [3.8, 4) is 11.8 Å². The van der Waals surface area contributed by atoms with Gasteiger partial charge in [-0.05, 0) is 55.5 Å². The lowest BCUT2D eigenvalue weighted by Crippen LogP contribution is -2.04. The van der Waals surface area contributed by atoms with Crippen LogP contribution >= 0.6 is 0 Å². The molecule has 20 heavy (non-hydrogen) atoms. The topological polar surface area (TPSA) is 26.3 Å². The summed E-state index contributed by atoms with van der Waals surface area (Å²) in [6, 6.07) is 12.8. The molecule has 3 heteroatoms. The Balaban J connectivity index is 2.11. The molecule has 0 saturated carbocycles. The first-order valence-corrected chi connectivity index (χ1v) is 6.24. The highest BCUT2D eigenvalue weighted by molar-refractivity contribution is 5.89. The summed E-state index contributed by atoms with van der Waals surface area (Å²) in [5.74, 6) is 5.26. The second-order valence-electron chi connectivity index (χ2n) is 4.05. The Morgan fingerprint density at radius 1 is 1.00 bits per heavy atom. The molecule has 0 spiro atoms. The molecule has 0 aromatic heterocycles. The minimum absolute atomic E-state index is 0.283. The maximum Gasteiger partial charge on any atom is 0.338 e. The Kier molecular flexibility index (Phi) is 4.52. The number of esters is 1. The smallest absolute Gasteiger partial charge is 0.338 e. The highest BCUT2D eigenvalue weighted by atomic mass is 19.1. The average molecular weight is 268 g/mol. The third-order valence-electron chi connectivity index (χ3n) is 2.59. The van der Waals surface area contributed by atoms with Crippen LogP contribution in [0.1, 0.15) is 28.4 Å². The van der Waals surface area contributed by atoms with Crippen molar-refractivity contribution in [1.29, 1.82) is 0 Å². The molecule has 0 N–H and O–H groups in total. The molecule has 2 nitrogen and oxygen atoms in total. The highest BCUT2D eigenvalue weighted by Crippen LogP contribution is 2.06. The lowest BCUT2D eigenvalue weighted by molar-refractivity contribution is 0.0526. The fourth-order valence-corrected chi connectivity index (χ4v) is 1.58. The minimum atomic E-state index is -0.342. The van der Waals surface area contributed by atoms with Crippen molar-refractivity contribution in [1.82, 2.24) is 0 Å². The van der Waals surface area contributed by atoms with E-state index in [2.05, 4.69) is 11.8 Å². The standard InChI is InChI=1S/C17H13FO2/c1-2-20-17(19)15-9-5-13(6-10-15)3-4-14-7-11-16(18)12-8-14/h5-12H,2H2,1H3. The van der Waals surface area contributed by atoms with Crippen LogP contribution in [0.2, 0.25) is 0 Å². The van der Waals surface area contributed by atoms with Crippen LogP contribution in [-0.2, 0) is 4.74 Å². The van der Waals surface area contributed by atoms with Gasteiger partial charge in [0.25, 0.3) is 0 Å². The quantitative estimate of drug-likeness (QED) is 0.616. The molecule has 2 aromatic carbocycles. The van der Waals surface area contributed by atoms with Crippen LogP contribution in [0.3, 0.4) is 0 Å². The molecule has 0 amide bonds. The predicted octanol–water partition coefficient (Wildman–Crippen LogP) is 3.40. The van der Waals surface area contributed by atoms with E-state index >= 15 is 0 Å². The van der Waals surface area contributed by atoms with E-state index in [1.165, 1.54) is 12.1 Å². The summed E-state index contributed by atoms with van der Waals surface area (Å²) in [5, 5.41) is 0. The molecule has 2 aromatic rings. The zero-order valence-corrected chi connectivity index (χ0v) is 11.0.